The Hall–Kier alpha value is -0.580. The van der Waals surface area contributed by atoms with E-state index in [1.165, 1.54) is 9.13 Å². The van der Waals surface area contributed by atoms with Gasteiger partial charge in [0.25, 0.3) is 0 Å². The fourth-order valence-electron chi connectivity index (χ4n) is 1.96. The molecule has 1 fully saturated rings. The average molecular weight is 343 g/mol. The number of amides is 1. The average Bonchev–Trinajstić information content (AvgIpc) is 3.14. The molecule has 0 heterocycles. The van der Waals surface area contributed by atoms with E-state index < -0.39 is 0 Å². The topological polar surface area (TPSA) is 20.3 Å². The van der Waals surface area contributed by atoms with Gasteiger partial charge in [-0.25, -0.2) is 0 Å². The van der Waals surface area contributed by atoms with Crippen molar-refractivity contribution < 1.29 is 4.79 Å². The minimum Gasteiger partial charge on any atom is -0.338 e. The van der Waals surface area contributed by atoms with E-state index in [0.717, 1.165) is 32.4 Å². The van der Waals surface area contributed by atoms with E-state index in [0.29, 0.717) is 11.8 Å². The maximum Gasteiger partial charge on any atom is 0.225 e. The molecule has 2 rings (SSSR count). The summed E-state index contributed by atoms with van der Waals surface area (Å²) in [6.45, 7) is 3.77. The number of rotatable bonds is 5. The van der Waals surface area contributed by atoms with Crippen LogP contribution in [0.25, 0.3) is 0 Å². The van der Waals surface area contributed by atoms with Gasteiger partial charge in [0.15, 0.2) is 0 Å². The largest absolute Gasteiger partial charge is 0.338 e. The van der Waals surface area contributed by atoms with E-state index in [1.54, 1.807) is 0 Å². The van der Waals surface area contributed by atoms with Crippen LogP contribution in [0.4, 0.5) is 0 Å². The Labute approximate surface area is 117 Å². The Bertz CT molecular complexity index is 401. The van der Waals surface area contributed by atoms with Gasteiger partial charge in [-0.2, -0.15) is 0 Å². The summed E-state index contributed by atoms with van der Waals surface area (Å²) in [5, 5.41) is 0. The van der Waals surface area contributed by atoms with Crippen LogP contribution in [0.1, 0.15) is 31.7 Å². The third-order valence-electron chi connectivity index (χ3n) is 3.05. The zero-order chi connectivity index (χ0) is 12.3. The molecule has 1 aromatic rings. The van der Waals surface area contributed by atoms with Gasteiger partial charge in [0, 0.05) is 22.6 Å². The van der Waals surface area contributed by atoms with E-state index in [4.69, 9.17) is 0 Å². The van der Waals surface area contributed by atoms with Crippen molar-refractivity contribution in [3.8, 4) is 0 Å². The van der Waals surface area contributed by atoms with Gasteiger partial charge in [0.1, 0.15) is 0 Å². The summed E-state index contributed by atoms with van der Waals surface area (Å²) in [6.07, 6.45) is 3.21. The summed E-state index contributed by atoms with van der Waals surface area (Å²) in [5.74, 6) is 0.675. The van der Waals surface area contributed by atoms with E-state index >= 15 is 0 Å². The Morgan fingerprint density at radius 1 is 1.41 bits per heavy atom. The summed E-state index contributed by atoms with van der Waals surface area (Å²) in [7, 11) is 0. The van der Waals surface area contributed by atoms with E-state index in [1.807, 2.05) is 17.0 Å². The van der Waals surface area contributed by atoms with Crippen molar-refractivity contribution in [3.05, 3.63) is 33.4 Å². The van der Waals surface area contributed by atoms with Gasteiger partial charge in [0.05, 0.1) is 0 Å². The van der Waals surface area contributed by atoms with Crippen molar-refractivity contribution in [2.45, 2.75) is 32.7 Å². The fourth-order valence-corrected chi connectivity index (χ4v) is 2.52. The second-order valence-corrected chi connectivity index (χ2v) is 5.79. The minimum atomic E-state index is 0.322. The molecule has 0 N–H and O–H groups in total. The van der Waals surface area contributed by atoms with E-state index in [9.17, 15) is 4.79 Å². The first-order valence-electron chi connectivity index (χ1n) is 6.24. The lowest BCUT2D eigenvalue weighted by atomic mass is 10.2. The normalized spacial score (nSPS) is 14.7. The number of carbonyl (C=O) groups is 1. The number of benzene rings is 1. The monoisotopic (exact) mass is 343 g/mol. The third kappa shape index (κ3) is 3.44. The summed E-state index contributed by atoms with van der Waals surface area (Å²) in [4.78, 5) is 14.2. The molecule has 1 aliphatic carbocycles. The molecule has 0 atom stereocenters. The smallest absolute Gasteiger partial charge is 0.225 e. The first kappa shape index (κ1) is 12.9. The molecule has 0 aliphatic heterocycles. The van der Waals surface area contributed by atoms with Gasteiger partial charge >= 0.3 is 0 Å². The van der Waals surface area contributed by atoms with Crippen LogP contribution in [-0.2, 0) is 11.3 Å². The minimum absolute atomic E-state index is 0.322. The van der Waals surface area contributed by atoms with Crippen LogP contribution in [0.2, 0.25) is 0 Å². The van der Waals surface area contributed by atoms with Crippen molar-refractivity contribution in [1.29, 1.82) is 0 Å². The van der Waals surface area contributed by atoms with Gasteiger partial charge < -0.3 is 4.90 Å². The Balaban J connectivity index is 2.06. The molecule has 0 saturated heterocycles. The van der Waals surface area contributed by atoms with Crippen molar-refractivity contribution in [2.75, 3.05) is 6.54 Å². The van der Waals surface area contributed by atoms with E-state index in [2.05, 4.69) is 41.6 Å². The van der Waals surface area contributed by atoms with Crippen molar-refractivity contribution in [3.63, 3.8) is 0 Å². The molecule has 0 spiro atoms. The van der Waals surface area contributed by atoms with Gasteiger partial charge in [-0.05, 0) is 53.5 Å². The lowest BCUT2D eigenvalue weighted by Gasteiger charge is -2.22. The zero-order valence-electron chi connectivity index (χ0n) is 10.2. The number of nitrogens with zero attached hydrogens (tertiary/aromatic N) is 1. The van der Waals surface area contributed by atoms with Gasteiger partial charge in [-0.15, -0.1) is 0 Å². The van der Waals surface area contributed by atoms with Gasteiger partial charge in [0.2, 0.25) is 5.91 Å². The molecule has 0 radical (unpaired) electrons. The second-order valence-electron chi connectivity index (χ2n) is 4.63. The second kappa shape index (κ2) is 5.85. The summed E-state index contributed by atoms with van der Waals surface area (Å²) in [5.41, 5.74) is 1.26. The highest BCUT2D eigenvalue weighted by atomic mass is 127. The zero-order valence-corrected chi connectivity index (χ0v) is 12.3. The quantitative estimate of drug-likeness (QED) is 0.750. The lowest BCUT2D eigenvalue weighted by Crippen LogP contribution is -2.32. The summed E-state index contributed by atoms with van der Waals surface area (Å²) < 4.78 is 1.25. The predicted molar refractivity (Wildman–Crippen MR) is 77.6 cm³/mol. The molecule has 1 amide bonds. The van der Waals surface area contributed by atoms with Crippen molar-refractivity contribution >= 4 is 28.5 Å². The third-order valence-corrected chi connectivity index (χ3v) is 4.10. The molecule has 1 aromatic carbocycles. The molecular weight excluding hydrogens is 325 g/mol. The SMILES string of the molecule is CCCN(Cc1ccccc1I)C(=O)C1CC1. The maximum atomic E-state index is 12.1. The number of carbonyl (C=O) groups excluding carboxylic acids is 1. The van der Waals surface area contributed by atoms with Crippen LogP contribution in [0.3, 0.4) is 0 Å². The molecular formula is C14H18INO. The summed E-state index contributed by atoms with van der Waals surface area (Å²) >= 11 is 2.34. The molecule has 92 valence electrons. The summed E-state index contributed by atoms with van der Waals surface area (Å²) in [6, 6.07) is 8.30. The standard InChI is InChI=1S/C14H18INO/c1-2-9-16(14(17)11-7-8-11)10-12-5-3-4-6-13(12)15/h3-6,11H,2,7-10H2,1H3. The van der Waals surface area contributed by atoms with Crippen LogP contribution in [0.15, 0.2) is 24.3 Å². The molecule has 1 saturated carbocycles. The van der Waals surface area contributed by atoms with Crippen LogP contribution in [0, 0.1) is 9.49 Å². The van der Waals surface area contributed by atoms with Gasteiger partial charge in [-0.1, -0.05) is 25.1 Å². The predicted octanol–water partition coefficient (Wildman–Crippen LogP) is 3.44. The lowest BCUT2D eigenvalue weighted by molar-refractivity contribution is -0.133. The first-order chi connectivity index (χ1) is 8.22. The van der Waals surface area contributed by atoms with Crippen LogP contribution >= 0.6 is 22.6 Å². The van der Waals surface area contributed by atoms with Crippen LogP contribution in [-0.4, -0.2) is 17.4 Å². The first-order valence-corrected chi connectivity index (χ1v) is 7.32. The van der Waals surface area contributed by atoms with Crippen LogP contribution in [0.5, 0.6) is 0 Å². The number of halogens is 1. The Morgan fingerprint density at radius 2 is 2.12 bits per heavy atom. The highest BCUT2D eigenvalue weighted by Crippen LogP contribution is 2.31. The van der Waals surface area contributed by atoms with E-state index in [-0.39, 0.29) is 0 Å². The number of hydrogen-bond donors (Lipinski definition) is 0. The van der Waals surface area contributed by atoms with Crippen molar-refractivity contribution in [2.24, 2.45) is 5.92 Å². The highest BCUT2D eigenvalue weighted by Gasteiger charge is 2.33. The molecule has 1 aliphatic rings. The van der Waals surface area contributed by atoms with Gasteiger partial charge in [-0.3, -0.25) is 4.79 Å². The maximum absolute atomic E-state index is 12.1. The Morgan fingerprint density at radius 3 is 2.71 bits per heavy atom. The molecule has 0 aromatic heterocycles. The molecule has 0 bridgehead atoms. The molecule has 3 heteroatoms. The fraction of sp³-hybridized carbons (Fsp3) is 0.500. The molecule has 0 unspecified atom stereocenters. The van der Waals surface area contributed by atoms with Crippen molar-refractivity contribution in [1.82, 2.24) is 4.90 Å². The Kier molecular flexibility index (Phi) is 4.42. The van der Waals surface area contributed by atoms with Crippen LogP contribution < -0.4 is 0 Å². The number of hydrogen-bond acceptors (Lipinski definition) is 1. The molecule has 2 nitrogen and oxygen atoms in total. The highest BCUT2D eigenvalue weighted by molar-refractivity contribution is 14.1. The molecule has 17 heavy (non-hydrogen) atoms.